The number of nitrogens with zero attached hydrogens (tertiary/aromatic N) is 8. The monoisotopic (exact) mass is 630 g/mol. The Morgan fingerprint density at radius 1 is 1.13 bits per heavy atom. The SMILES string of the molecule is COc1cc(C(=O)N2CC3CCC2[C@@H]3N)cc2nc(-c3cc4cccnc4n3CC3CC3)n(Cc3cnn(-c4ccc[n+](O)c4)c3)c12. The van der Waals surface area contributed by atoms with Crippen LogP contribution in [0.25, 0.3) is 39.3 Å². The number of carbonyl (C=O) groups excluding carboxylic acids is 1. The number of piperidine rings is 1. The number of rotatable bonds is 8. The molecule has 238 valence electrons. The van der Waals surface area contributed by atoms with Gasteiger partial charge >= 0.3 is 0 Å². The van der Waals surface area contributed by atoms with E-state index >= 15 is 0 Å². The third-order valence-electron chi connectivity index (χ3n) is 10.2. The van der Waals surface area contributed by atoms with Crippen LogP contribution in [0, 0.1) is 11.8 Å². The molecule has 6 aromatic rings. The van der Waals surface area contributed by atoms with Crippen LogP contribution in [0.4, 0.5) is 0 Å². The van der Waals surface area contributed by atoms with Gasteiger partial charge in [0.2, 0.25) is 12.4 Å². The third kappa shape index (κ3) is 4.65. The van der Waals surface area contributed by atoms with Crippen LogP contribution in [0.3, 0.4) is 0 Å². The van der Waals surface area contributed by atoms with Crippen LogP contribution in [-0.4, -0.2) is 70.6 Å². The molecule has 2 bridgehead atoms. The Kier molecular flexibility index (Phi) is 6.36. The number of ether oxygens (including phenoxy) is 1. The predicted molar refractivity (Wildman–Crippen MR) is 173 cm³/mol. The zero-order valence-corrected chi connectivity index (χ0v) is 26.1. The number of fused-ring (bicyclic) bond motifs is 4. The summed E-state index contributed by atoms with van der Waals surface area (Å²) in [4.78, 5) is 25.9. The number of hydrogen-bond acceptors (Lipinski definition) is 7. The Morgan fingerprint density at radius 2 is 2.02 bits per heavy atom. The van der Waals surface area contributed by atoms with Crippen molar-refractivity contribution in [3.8, 4) is 23.0 Å². The fourth-order valence-corrected chi connectivity index (χ4v) is 7.67. The number of carbonyl (C=O) groups is 1. The lowest BCUT2D eigenvalue weighted by Gasteiger charge is -2.27. The number of hydrogen-bond donors (Lipinski definition) is 2. The highest BCUT2D eigenvalue weighted by Gasteiger charge is 2.47. The zero-order chi connectivity index (χ0) is 31.8. The number of methoxy groups -OCH3 is 1. The van der Waals surface area contributed by atoms with Gasteiger partial charge in [0.05, 0.1) is 31.1 Å². The summed E-state index contributed by atoms with van der Waals surface area (Å²) >= 11 is 0. The van der Waals surface area contributed by atoms with Gasteiger partial charge in [-0.2, -0.15) is 5.10 Å². The molecule has 0 spiro atoms. The third-order valence-corrected chi connectivity index (χ3v) is 10.2. The first kappa shape index (κ1) is 28.0. The van der Waals surface area contributed by atoms with Gasteiger partial charge in [0.25, 0.3) is 5.91 Å². The molecule has 2 saturated carbocycles. The van der Waals surface area contributed by atoms with Gasteiger partial charge in [-0.25, -0.2) is 14.6 Å². The van der Waals surface area contributed by atoms with E-state index in [0.717, 1.165) is 63.4 Å². The maximum absolute atomic E-state index is 13.9. The van der Waals surface area contributed by atoms with Crippen LogP contribution in [0.2, 0.25) is 0 Å². The molecule has 3 N–H and O–H groups in total. The normalized spacial score (nSPS) is 20.6. The zero-order valence-electron chi connectivity index (χ0n) is 26.1. The van der Waals surface area contributed by atoms with Crippen molar-refractivity contribution in [2.75, 3.05) is 13.7 Å². The van der Waals surface area contributed by atoms with Gasteiger partial charge in [0.15, 0.2) is 5.82 Å². The van der Waals surface area contributed by atoms with E-state index in [-0.39, 0.29) is 18.0 Å². The number of benzene rings is 1. The van der Waals surface area contributed by atoms with E-state index in [0.29, 0.717) is 41.8 Å². The first-order valence-electron chi connectivity index (χ1n) is 16.3. The maximum Gasteiger partial charge on any atom is 0.254 e. The number of imidazole rings is 1. The summed E-state index contributed by atoms with van der Waals surface area (Å²) in [5.41, 5.74) is 12.1. The summed E-state index contributed by atoms with van der Waals surface area (Å²) in [6, 6.07) is 13.7. The highest BCUT2D eigenvalue weighted by molar-refractivity contribution is 6.00. The van der Waals surface area contributed by atoms with Crippen molar-refractivity contribution in [1.29, 1.82) is 0 Å². The predicted octanol–water partition coefficient (Wildman–Crippen LogP) is 3.79. The van der Waals surface area contributed by atoms with Crippen LogP contribution in [0.15, 0.2) is 73.4 Å². The second kappa shape index (κ2) is 10.7. The molecule has 2 unspecified atom stereocenters. The lowest BCUT2D eigenvalue weighted by molar-refractivity contribution is -0.904. The average Bonchev–Trinajstić information content (AvgIpc) is 3.39. The van der Waals surface area contributed by atoms with Gasteiger partial charge in [-0.05, 0) is 73.9 Å². The molecule has 6 heterocycles. The van der Waals surface area contributed by atoms with Crippen LogP contribution in [-0.2, 0) is 13.1 Å². The lowest BCUT2D eigenvalue weighted by atomic mass is 10.1. The molecule has 0 radical (unpaired) electrons. The Morgan fingerprint density at radius 3 is 2.79 bits per heavy atom. The molecule has 1 aromatic carbocycles. The van der Waals surface area contributed by atoms with E-state index in [1.54, 1.807) is 30.3 Å². The van der Waals surface area contributed by atoms with Crippen molar-refractivity contribution in [1.82, 2.24) is 33.8 Å². The molecule has 1 amide bonds. The molecule has 3 atom stereocenters. The summed E-state index contributed by atoms with van der Waals surface area (Å²) in [5.74, 6) is 2.30. The molecular formula is C35H36N9O3+. The van der Waals surface area contributed by atoms with Gasteiger partial charge in [-0.1, -0.05) is 0 Å². The molecule has 2 aliphatic carbocycles. The smallest absolute Gasteiger partial charge is 0.254 e. The number of likely N-dealkylation sites (tertiary alicyclic amines) is 1. The fraction of sp³-hybridized carbons (Fsp3) is 0.343. The standard InChI is InChI=1S/C35H36N9O3/c1-47-30-14-25(35(45)42-19-24-8-9-28(42)31(24)36)12-27-32(30)43(17-22-15-38-44(18-22)26-5-3-11-40(46)20-26)34(39-27)29-13-23-4-2-10-37-33(23)41(29)16-21-6-7-21/h2-5,10-15,18,20-21,24,28,31,46H,6-9,16-17,19,36H2,1H3/q+1/t24?,28?,31-/m1/s1. The molecule has 47 heavy (non-hydrogen) atoms. The first-order valence-corrected chi connectivity index (χ1v) is 16.3. The highest BCUT2D eigenvalue weighted by Crippen LogP contribution is 2.40. The molecule has 12 nitrogen and oxygen atoms in total. The molecular weight excluding hydrogens is 594 g/mol. The second-order valence-electron chi connectivity index (χ2n) is 13.2. The van der Waals surface area contributed by atoms with Crippen LogP contribution < -0.4 is 15.2 Å². The first-order chi connectivity index (χ1) is 22.9. The van der Waals surface area contributed by atoms with Crippen LogP contribution >= 0.6 is 0 Å². The van der Waals surface area contributed by atoms with Gasteiger partial charge in [0.1, 0.15) is 22.6 Å². The highest BCUT2D eigenvalue weighted by atomic mass is 16.5. The van der Waals surface area contributed by atoms with E-state index in [4.69, 9.17) is 20.4 Å². The van der Waals surface area contributed by atoms with E-state index in [2.05, 4.69) is 26.4 Å². The van der Waals surface area contributed by atoms with Gasteiger partial charge in [-0.3, -0.25) is 10.0 Å². The molecule has 1 saturated heterocycles. The Balaban J connectivity index is 1.20. The van der Waals surface area contributed by atoms with E-state index < -0.39 is 0 Å². The molecule has 1 aliphatic heterocycles. The van der Waals surface area contributed by atoms with Gasteiger partial charge in [0, 0.05) is 64.9 Å². The van der Waals surface area contributed by atoms with Crippen molar-refractivity contribution in [3.63, 3.8) is 0 Å². The minimum atomic E-state index is -0.0266. The van der Waals surface area contributed by atoms with Crippen molar-refractivity contribution < 1.29 is 19.5 Å². The lowest BCUT2D eigenvalue weighted by Crippen LogP contribution is -2.41. The average molecular weight is 631 g/mol. The minimum absolute atomic E-state index is 0.0266. The van der Waals surface area contributed by atoms with E-state index in [1.807, 2.05) is 47.8 Å². The number of amides is 1. The van der Waals surface area contributed by atoms with Crippen LogP contribution in [0.5, 0.6) is 5.75 Å². The summed E-state index contributed by atoms with van der Waals surface area (Å²) in [7, 11) is 1.64. The van der Waals surface area contributed by atoms with E-state index in [1.165, 1.54) is 12.8 Å². The molecule has 9 rings (SSSR count). The summed E-state index contributed by atoms with van der Waals surface area (Å²) in [6.45, 7) is 2.01. The van der Waals surface area contributed by atoms with Crippen molar-refractivity contribution in [3.05, 3.63) is 84.6 Å². The summed E-state index contributed by atoms with van der Waals surface area (Å²) in [5, 5.41) is 15.6. The van der Waals surface area contributed by atoms with E-state index in [9.17, 15) is 10.0 Å². The van der Waals surface area contributed by atoms with Crippen LogP contribution in [0.1, 0.15) is 41.6 Å². The Hall–Kier alpha value is -5.23. The Bertz CT molecular complexity index is 2180. The van der Waals surface area contributed by atoms with Crippen molar-refractivity contribution in [2.45, 2.75) is 50.9 Å². The van der Waals surface area contributed by atoms with Crippen molar-refractivity contribution >= 4 is 28.0 Å². The largest absolute Gasteiger partial charge is 0.494 e. The summed E-state index contributed by atoms with van der Waals surface area (Å²) in [6.07, 6.45) is 13.2. The molecule has 5 aromatic heterocycles. The molecule has 12 heteroatoms. The fourth-order valence-electron chi connectivity index (χ4n) is 7.67. The molecule has 3 aliphatic rings. The number of aromatic nitrogens is 7. The summed E-state index contributed by atoms with van der Waals surface area (Å²) < 4.78 is 13.2. The molecule has 3 fully saturated rings. The topological polar surface area (TPSA) is 133 Å². The quantitative estimate of drug-likeness (QED) is 0.193. The van der Waals surface area contributed by atoms with Gasteiger partial charge < -0.3 is 24.5 Å². The maximum atomic E-state index is 13.9. The number of nitrogens with two attached hydrogens (primary N) is 1. The minimum Gasteiger partial charge on any atom is -0.494 e. The number of pyridine rings is 2. The van der Waals surface area contributed by atoms with Crippen molar-refractivity contribution in [2.24, 2.45) is 17.6 Å². The van der Waals surface area contributed by atoms with Gasteiger partial charge in [-0.15, -0.1) is 0 Å². The Labute approximate surface area is 270 Å². The second-order valence-corrected chi connectivity index (χ2v) is 13.2.